The summed E-state index contributed by atoms with van der Waals surface area (Å²) in [5.74, 6) is -3.14. The van der Waals surface area contributed by atoms with Crippen molar-refractivity contribution in [3.63, 3.8) is 0 Å². The van der Waals surface area contributed by atoms with E-state index in [0.29, 0.717) is 6.07 Å². The summed E-state index contributed by atoms with van der Waals surface area (Å²) >= 11 is 5.67. The molecule has 2 N–H and O–H groups in total. The van der Waals surface area contributed by atoms with Crippen LogP contribution in [0.4, 0.5) is 19.3 Å². The van der Waals surface area contributed by atoms with Gasteiger partial charge in [0.25, 0.3) is 0 Å². The number of aliphatic carboxylic acids is 1. The number of carboxylic acid groups (broad SMARTS) is 1. The first-order valence-corrected chi connectivity index (χ1v) is 6.35. The lowest BCUT2D eigenvalue weighted by atomic mass is 10.1. The number of urea groups is 1. The van der Waals surface area contributed by atoms with Crippen LogP contribution in [-0.4, -0.2) is 34.1 Å². The van der Waals surface area contributed by atoms with Gasteiger partial charge in [-0.2, -0.15) is 0 Å². The van der Waals surface area contributed by atoms with E-state index in [4.69, 9.17) is 16.7 Å². The number of carbonyl (C=O) groups is 2. The van der Waals surface area contributed by atoms with Gasteiger partial charge in [0.1, 0.15) is 12.4 Å². The molecule has 0 atom stereocenters. The molecule has 0 saturated carbocycles. The van der Waals surface area contributed by atoms with Crippen LogP contribution in [0.25, 0.3) is 0 Å². The van der Waals surface area contributed by atoms with Gasteiger partial charge >= 0.3 is 12.0 Å². The van der Waals surface area contributed by atoms with Crippen molar-refractivity contribution in [2.45, 2.75) is 26.3 Å². The van der Waals surface area contributed by atoms with Crippen molar-refractivity contribution in [1.82, 2.24) is 4.90 Å². The summed E-state index contributed by atoms with van der Waals surface area (Å²) in [6, 6.07) is 0.566. The molecule has 0 unspecified atom stereocenters. The average molecular weight is 321 g/mol. The van der Waals surface area contributed by atoms with Crippen molar-refractivity contribution in [1.29, 1.82) is 0 Å². The highest BCUT2D eigenvalue weighted by Gasteiger charge is 2.29. The van der Waals surface area contributed by atoms with Crippen molar-refractivity contribution < 1.29 is 23.5 Å². The minimum atomic E-state index is -1.22. The van der Waals surface area contributed by atoms with E-state index in [1.807, 2.05) is 0 Å². The summed E-state index contributed by atoms with van der Waals surface area (Å²) in [5, 5.41) is 10.7. The van der Waals surface area contributed by atoms with Crippen molar-refractivity contribution in [3.05, 3.63) is 28.8 Å². The van der Waals surface area contributed by atoms with Gasteiger partial charge in [-0.3, -0.25) is 4.79 Å². The lowest BCUT2D eigenvalue weighted by Crippen LogP contribution is -2.50. The molecule has 0 spiro atoms. The Morgan fingerprint density at radius 3 is 2.33 bits per heavy atom. The Labute approximate surface area is 125 Å². The molecule has 0 radical (unpaired) electrons. The van der Waals surface area contributed by atoms with Gasteiger partial charge in [-0.15, -0.1) is 0 Å². The van der Waals surface area contributed by atoms with E-state index in [1.54, 1.807) is 20.8 Å². The maximum Gasteiger partial charge on any atom is 0.323 e. The Kier molecular flexibility index (Phi) is 5.11. The largest absolute Gasteiger partial charge is 0.480 e. The molecule has 0 saturated heterocycles. The molecule has 8 heteroatoms. The zero-order valence-electron chi connectivity index (χ0n) is 11.7. The van der Waals surface area contributed by atoms with Crippen molar-refractivity contribution in [3.8, 4) is 0 Å². The fourth-order valence-electron chi connectivity index (χ4n) is 1.58. The fraction of sp³-hybridized carbons (Fsp3) is 0.385. The minimum absolute atomic E-state index is 0.315. The monoisotopic (exact) mass is 320 g/mol. The number of carbonyl (C=O) groups excluding carboxylic acids is 1. The predicted molar refractivity (Wildman–Crippen MR) is 74.5 cm³/mol. The number of carboxylic acids is 1. The molecular weight excluding hydrogens is 306 g/mol. The van der Waals surface area contributed by atoms with Crippen LogP contribution in [0.1, 0.15) is 20.8 Å². The minimum Gasteiger partial charge on any atom is -0.480 e. The number of nitrogens with zero attached hydrogens (tertiary/aromatic N) is 1. The number of hydrogen-bond acceptors (Lipinski definition) is 2. The molecule has 1 aromatic rings. The summed E-state index contributed by atoms with van der Waals surface area (Å²) < 4.78 is 26.6. The third kappa shape index (κ3) is 4.56. The van der Waals surface area contributed by atoms with Crippen molar-refractivity contribution >= 4 is 29.3 Å². The molecule has 1 aromatic carbocycles. The number of rotatable bonds is 3. The summed E-state index contributed by atoms with van der Waals surface area (Å²) in [5.41, 5.74) is -1.21. The highest BCUT2D eigenvalue weighted by Crippen LogP contribution is 2.27. The average Bonchev–Trinajstić information content (AvgIpc) is 2.28. The Hall–Kier alpha value is -1.89. The van der Waals surface area contributed by atoms with E-state index >= 15 is 0 Å². The van der Waals surface area contributed by atoms with Crippen LogP contribution in [0.3, 0.4) is 0 Å². The maximum absolute atomic E-state index is 13.6. The van der Waals surface area contributed by atoms with Crippen molar-refractivity contribution in [2.75, 3.05) is 11.9 Å². The Bertz CT molecular complexity index is 550. The second kappa shape index (κ2) is 6.26. The molecule has 0 heterocycles. The van der Waals surface area contributed by atoms with Crippen LogP contribution in [0.2, 0.25) is 5.02 Å². The molecular formula is C13H15ClF2N2O3. The second-order valence-corrected chi connectivity index (χ2v) is 5.73. The standard InChI is InChI=1S/C13H15ClF2N2O3/c1-13(2,3)18(6-10(19)20)12(21)17-11-8(14)4-7(15)5-9(11)16/h4-5H,6H2,1-3H3,(H,17,21)(H,19,20). The predicted octanol–water partition coefficient (Wildman–Crippen LogP) is 3.34. The zero-order valence-corrected chi connectivity index (χ0v) is 12.5. The van der Waals surface area contributed by atoms with E-state index in [-0.39, 0.29) is 5.02 Å². The number of halogens is 3. The summed E-state index contributed by atoms with van der Waals surface area (Å²) in [6.07, 6.45) is 0. The molecule has 5 nitrogen and oxygen atoms in total. The van der Waals surface area contributed by atoms with Gasteiger partial charge in [0, 0.05) is 11.6 Å². The van der Waals surface area contributed by atoms with Crippen LogP contribution < -0.4 is 5.32 Å². The summed E-state index contributed by atoms with van der Waals surface area (Å²) in [4.78, 5) is 23.9. The zero-order chi connectivity index (χ0) is 16.4. The van der Waals surface area contributed by atoms with Gasteiger partial charge in [-0.05, 0) is 26.8 Å². The van der Waals surface area contributed by atoms with E-state index in [1.165, 1.54) is 0 Å². The highest BCUT2D eigenvalue weighted by molar-refractivity contribution is 6.33. The summed E-state index contributed by atoms with van der Waals surface area (Å²) in [7, 11) is 0. The Balaban J connectivity index is 3.05. The molecule has 0 aromatic heterocycles. The third-order valence-electron chi connectivity index (χ3n) is 2.59. The molecule has 21 heavy (non-hydrogen) atoms. The van der Waals surface area contributed by atoms with Gasteiger partial charge < -0.3 is 15.3 Å². The SMILES string of the molecule is CC(C)(C)N(CC(=O)O)C(=O)Nc1c(F)cc(F)cc1Cl. The number of benzene rings is 1. The van der Waals surface area contributed by atoms with Crippen LogP contribution in [0.15, 0.2) is 12.1 Å². The van der Waals surface area contributed by atoms with Crippen molar-refractivity contribution in [2.24, 2.45) is 0 Å². The molecule has 0 aliphatic heterocycles. The topological polar surface area (TPSA) is 69.6 Å². The normalized spacial score (nSPS) is 11.1. The van der Waals surface area contributed by atoms with E-state index in [0.717, 1.165) is 11.0 Å². The molecule has 116 valence electrons. The molecule has 0 aliphatic carbocycles. The van der Waals surface area contributed by atoms with Crippen LogP contribution >= 0.6 is 11.6 Å². The smallest absolute Gasteiger partial charge is 0.323 e. The first kappa shape index (κ1) is 17.2. The highest BCUT2D eigenvalue weighted by atomic mass is 35.5. The second-order valence-electron chi connectivity index (χ2n) is 5.33. The van der Waals surface area contributed by atoms with Gasteiger partial charge in [0.2, 0.25) is 0 Å². The number of nitrogens with one attached hydrogen (secondary N) is 1. The van der Waals surface area contributed by atoms with E-state index in [2.05, 4.69) is 5.32 Å². The number of amides is 2. The number of anilines is 1. The van der Waals surface area contributed by atoms with Crippen LogP contribution in [0.5, 0.6) is 0 Å². The molecule has 1 rings (SSSR count). The Morgan fingerprint density at radius 1 is 1.33 bits per heavy atom. The quantitative estimate of drug-likeness (QED) is 0.897. The van der Waals surface area contributed by atoms with Crippen LogP contribution in [0, 0.1) is 11.6 Å². The number of hydrogen-bond donors (Lipinski definition) is 2. The molecule has 0 aliphatic rings. The van der Waals surface area contributed by atoms with Gasteiger partial charge in [0.05, 0.1) is 10.7 Å². The first-order chi connectivity index (χ1) is 9.52. The van der Waals surface area contributed by atoms with Gasteiger partial charge in [0.15, 0.2) is 5.82 Å². The van der Waals surface area contributed by atoms with Crippen LogP contribution in [-0.2, 0) is 4.79 Å². The molecule has 0 fully saturated rings. The van der Waals surface area contributed by atoms with Gasteiger partial charge in [-0.1, -0.05) is 11.6 Å². The summed E-state index contributed by atoms with van der Waals surface area (Å²) in [6.45, 7) is 4.30. The van der Waals surface area contributed by atoms with E-state index in [9.17, 15) is 18.4 Å². The Morgan fingerprint density at radius 2 is 1.90 bits per heavy atom. The van der Waals surface area contributed by atoms with Gasteiger partial charge in [-0.25, -0.2) is 13.6 Å². The first-order valence-electron chi connectivity index (χ1n) is 5.97. The molecule has 2 amide bonds. The fourth-order valence-corrected chi connectivity index (χ4v) is 1.83. The van der Waals surface area contributed by atoms with E-state index < -0.39 is 41.4 Å². The molecule has 0 bridgehead atoms. The lowest BCUT2D eigenvalue weighted by molar-refractivity contribution is -0.138. The maximum atomic E-state index is 13.6. The lowest BCUT2D eigenvalue weighted by Gasteiger charge is -2.34. The third-order valence-corrected chi connectivity index (χ3v) is 2.89.